The third kappa shape index (κ3) is 2.86. The van der Waals surface area contributed by atoms with E-state index in [1.165, 1.54) is 11.1 Å². The number of carbonyl (C=O) groups excluding carboxylic acids is 1. The van der Waals surface area contributed by atoms with E-state index in [9.17, 15) is 9.59 Å². The second-order valence-corrected chi connectivity index (χ2v) is 1.97. The number of aldehydes is 1. The van der Waals surface area contributed by atoms with Crippen LogP contribution in [0, 0.1) is 0 Å². The van der Waals surface area contributed by atoms with Crippen molar-refractivity contribution in [1.29, 1.82) is 0 Å². The number of aliphatic carboxylic acids is 1. The van der Waals surface area contributed by atoms with Crippen molar-refractivity contribution >= 4 is 12.3 Å². The van der Waals surface area contributed by atoms with Crippen molar-refractivity contribution in [2.45, 2.75) is 0 Å². The van der Waals surface area contributed by atoms with E-state index >= 15 is 0 Å². The summed E-state index contributed by atoms with van der Waals surface area (Å²) < 4.78 is 0. The van der Waals surface area contributed by atoms with E-state index in [-0.39, 0.29) is 5.57 Å². The summed E-state index contributed by atoms with van der Waals surface area (Å²) in [6.07, 6.45) is 1.55. The minimum atomic E-state index is -1.20. The van der Waals surface area contributed by atoms with Crippen LogP contribution in [0.1, 0.15) is 0 Å². The van der Waals surface area contributed by atoms with E-state index in [2.05, 4.69) is 0 Å². The van der Waals surface area contributed by atoms with E-state index in [1.807, 2.05) is 0 Å². The SMILES string of the molecule is CN(C)/C=C(\C=O)C(=O)O. The maximum atomic E-state index is 10.1. The highest BCUT2D eigenvalue weighted by molar-refractivity contribution is 6.06. The fourth-order valence-corrected chi connectivity index (χ4v) is 0.414. The van der Waals surface area contributed by atoms with E-state index < -0.39 is 5.97 Å². The Morgan fingerprint density at radius 3 is 2.10 bits per heavy atom. The standard InChI is InChI=1S/C6H9NO3/c1-7(2)3-5(4-8)6(9)10/h3-4H,1-2H3,(H,9,10)/b5-3+. The lowest BCUT2D eigenvalue weighted by atomic mass is 10.3. The zero-order chi connectivity index (χ0) is 8.15. The third-order valence-electron chi connectivity index (χ3n) is 0.771. The topological polar surface area (TPSA) is 57.6 Å². The van der Waals surface area contributed by atoms with Crippen LogP contribution in [0.5, 0.6) is 0 Å². The number of carbonyl (C=O) groups is 2. The summed E-state index contributed by atoms with van der Waals surface area (Å²) in [5, 5.41) is 8.30. The lowest BCUT2D eigenvalue weighted by Crippen LogP contribution is -2.09. The quantitative estimate of drug-likeness (QED) is 0.255. The number of carboxylic acids is 1. The average molecular weight is 143 g/mol. The molecule has 0 saturated carbocycles. The average Bonchev–Trinajstić information content (AvgIpc) is 1.81. The monoisotopic (exact) mass is 143 g/mol. The van der Waals surface area contributed by atoms with Gasteiger partial charge in [0.25, 0.3) is 0 Å². The van der Waals surface area contributed by atoms with E-state index in [0.29, 0.717) is 6.29 Å². The van der Waals surface area contributed by atoms with Crippen LogP contribution in [0.3, 0.4) is 0 Å². The lowest BCUT2D eigenvalue weighted by Gasteiger charge is -2.03. The molecule has 1 N–H and O–H groups in total. The number of rotatable bonds is 3. The first-order valence-corrected chi connectivity index (χ1v) is 2.64. The number of nitrogens with zero attached hydrogens (tertiary/aromatic N) is 1. The van der Waals surface area contributed by atoms with E-state index in [0.717, 1.165) is 0 Å². The molecule has 0 aliphatic heterocycles. The summed E-state index contributed by atoms with van der Waals surface area (Å²) in [4.78, 5) is 21.6. The van der Waals surface area contributed by atoms with Crippen LogP contribution in [-0.4, -0.2) is 36.4 Å². The Balaban J connectivity index is 4.33. The molecular formula is C6H9NO3. The van der Waals surface area contributed by atoms with Crippen molar-refractivity contribution in [3.05, 3.63) is 11.8 Å². The van der Waals surface area contributed by atoms with Gasteiger partial charge in [0.1, 0.15) is 5.57 Å². The first kappa shape index (κ1) is 8.68. The molecular weight excluding hydrogens is 134 g/mol. The minimum Gasteiger partial charge on any atom is -0.478 e. The Morgan fingerprint density at radius 2 is 2.00 bits per heavy atom. The number of hydrogen-bond acceptors (Lipinski definition) is 3. The summed E-state index contributed by atoms with van der Waals surface area (Å²) in [5.74, 6) is -1.20. The van der Waals surface area contributed by atoms with Gasteiger partial charge in [-0.15, -0.1) is 0 Å². The van der Waals surface area contributed by atoms with Crippen molar-refractivity contribution in [3.8, 4) is 0 Å². The van der Waals surface area contributed by atoms with E-state index in [4.69, 9.17) is 5.11 Å². The molecule has 0 aliphatic rings. The molecule has 10 heavy (non-hydrogen) atoms. The lowest BCUT2D eigenvalue weighted by molar-refractivity contribution is -0.133. The maximum Gasteiger partial charge on any atom is 0.340 e. The molecule has 0 unspecified atom stereocenters. The largest absolute Gasteiger partial charge is 0.478 e. The summed E-state index contributed by atoms with van der Waals surface area (Å²) in [6.45, 7) is 0. The number of carboxylic acid groups (broad SMARTS) is 1. The highest BCUT2D eigenvalue weighted by Crippen LogP contribution is 1.90. The predicted octanol–water partition coefficient (Wildman–Crippen LogP) is -0.285. The number of hydrogen-bond donors (Lipinski definition) is 1. The molecule has 4 nitrogen and oxygen atoms in total. The first-order chi connectivity index (χ1) is 4.57. The molecule has 0 saturated heterocycles. The van der Waals surface area contributed by atoms with Crippen LogP contribution in [0.15, 0.2) is 11.8 Å². The van der Waals surface area contributed by atoms with Crippen molar-refractivity contribution in [2.24, 2.45) is 0 Å². The molecule has 56 valence electrons. The molecule has 0 aromatic carbocycles. The Kier molecular flexibility index (Phi) is 3.17. The zero-order valence-corrected chi connectivity index (χ0v) is 5.87. The molecule has 0 radical (unpaired) electrons. The van der Waals surface area contributed by atoms with Gasteiger partial charge in [0.15, 0.2) is 6.29 Å². The molecule has 0 heterocycles. The van der Waals surface area contributed by atoms with Crippen LogP contribution in [-0.2, 0) is 9.59 Å². The Bertz CT molecular complexity index is 172. The third-order valence-corrected chi connectivity index (χ3v) is 0.771. The van der Waals surface area contributed by atoms with Gasteiger partial charge >= 0.3 is 5.97 Å². The van der Waals surface area contributed by atoms with Crippen LogP contribution in [0.25, 0.3) is 0 Å². The fraction of sp³-hybridized carbons (Fsp3) is 0.333. The Hall–Kier alpha value is -1.32. The van der Waals surface area contributed by atoms with Crippen molar-refractivity contribution in [2.75, 3.05) is 14.1 Å². The van der Waals surface area contributed by atoms with Crippen LogP contribution in [0.2, 0.25) is 0 Å². The van der Waals surface area contributed by atoms with E-state index in [1.54, 1.807) is 14.1 Å². The molecule has 0 aromatic rings. The molecule has 0 aliphatic carbocycles. The molecule has 0 spiro atoms. The van der Waals surface area contributed by atoms with Gasteiger partial charge in [-0.1, -0.05) is 0 Å². The van der Waals surface area contributed by atoms with Gasteiger partial charge in [0, 0.05) is 20.3 Å². The second-order valence-electron chi connectivity index (χ2n) is 1.97. The van der Waals surface area contributed by atoms with Gasteiger partial charge in [-0.05, 0) is 0 Å². The molecule has 0 amide bonds. The second kappa shape index (κ2) is 3.66. The highest BCUT2D eigenvalue weighted by atomic mass is 16.4. The smallest absolute Gasteiger partial charge is 0.340 e. The summed E-state index contributed by atoms with van der Waals surface area (Å²) in [7, 11) is 3.29. The normalized spacial score (nSPS) is 10.8. The maximum absolute atomic E-state index is 10.1. The van der Waals surface area contributed by atoms with Crippen molar-refractivity contribution < 1.29 is 14.7 Å². The fourth-order valence-electron chi connectivity index (χ4n) is 0.414. The van der Waals surface area contributed by atoms with Crippen molar-refractivity contribution in [3.63, 3.8) is 0 Å². The van der Waals surface area contributed by atoms with Crippen LogP contribution in [0.4, 0.5) is 0 Å². The Morgan fingerprint density at radius 1 is 1.50 bits per heavy atom. The summed E-state index contributed by atoms with van der Waals surface area (Å²) in [5.41, 5.74) is -0.245. The van der Waals surface area contributed by atoms with Gasteiger partial charge < -0.3 is 10.0 Å². The zero-order valence-electron chi connectivity index (χ0n) is 5.87. The molecule has 0 fully saturated rings. The summed E-state index contributed by atoms with van der Waals surface area (Å²) >= 11 is 0. The summed E-state index contributed by atoms with van der Waals surface area (Å²) in [6, 6.07) is 0. The van der Waals surface area contributed by atoms with Crippen LogP contribution >= 0.6 is 0 Å². The van der Waals surface area contributed by atoms with Gasteiger partial charge in [-0.3, -0.25) is 4.79 Å². The molecule has 0 atom stereocenters. The van der Waals surface area contributed by atoms with Gasteiger partial charge in [0.05, 0.1) is 0 Å². The van der Waals surface area contributed by atoms with Crippen LogP contribution < -0.4 is 0 Å². The first-order valence-electron chi connectivity index (χ1n) is 2.64. The highest BCUT2D eigenvalue weighted by Gasteiger charge is 2.04. The molecule has 0 rings (SSSR count). The minimum absolute atomic E-state index is 0.245. The molecule has 0 bridgehead atoms. The van der Waals surface area contributed by atoms with Gasteiger partial charge in [-0.25, -0.2) is 4.79 Å². The van der Waals surface area contributed by atoms with Gasteiger partial charge in [-0.2, -0.15) is 0 Å². The molecule has 0 aromatic heterocycles. The predicted molar refractivity (Wildman–Crippen MR) is 35.5 cm³/mol. The van der Waals surface area contributed by atoms with Gasteiger partial charge in [0.2, 0.25) is 0 Å². The molecule has 4 heteroatoms. The Labute approximate surface area is 58.8 Å². The van der Waals surface area contributed by atoms with Crippen molar-refractivity contribution in [1.82, 2.24) is 4.90 Å².